The third-order valence-corrected chi connectivity index (χ3v) is 5.48. The Hall–Kier alpha value is -2.70. The van der Waals surface area contributed by atoms with Gasteiger partial charge in [-0.2, -0.15) is 0 Å². The number of rotatable bonds is 4. The minimum Gasteiger partial charge on any atom is -0.312 e. The predicted molar refractivity (Wildman–Crippen MR) is 109 cm³/mol. The van der Waals surface area contributed by atoms with Crippen molar-refractivity contribution in [2.24, 2.45) is 0 Å². The second-order valence-corrected chi connectivity index (χ2v) is 7.43. The highest BCUT2D eigenvalue weighted by molar-refractivity contribution is 7.14. The van der Waals surface area contributed by atoms with Crippen LogP contribution in [0.1, 0.15) is 23.2 Å². The van der Waals surface area contributed by atoms with Crippen molar-refractivity contribution in [3.8, 4) is 11.3 Å². The van der Waals surface area contributed by atoms with Gasteiger partial charge in [0.05, 0.1) is 5.69 Å². The van der Waals surface area contributed by atoms with Gasteiger partial charge < -0.3 is 4.90 Å². The number of nitrogens with zero attached hydrogens (tertiary/aromatic N) is 2. The molecular formula is C20H16ClN3O2S. The average molecular weight is 398 g/mol. The highest BCUT2D eigenvalue weighted by Crippen LogP contribution is 2.30. The van der Waals surface area contributed by atoms with Crippen molar-refractivity contribution >= 4 is 45.6 Å². The van der Waals surface area contributed by atoms with Crippen molar-refractivity contribution in [2.75, 3.05) is 16.8 Å². The van der Waals surface area contributed by atoms with E-state index in [2.05, 4.69) is 10.3 Å². The number of amides is 2. The Kier molecular flexibility index (Phi) is 4.92. The van der Waals surface area contributed by atoms with Gasteiger partial charge in [0.15, 0.2) is 5.13 Å². The average Bonchev–Trinajstić information content (AvgIpc) is 3.31. The summed E-state index contributed by atoms with van der Waals surface area (Å²) in [5.41, 5.74) is 2.89. The summed E-state index contributed by atoms with van der Waals surface area (Å²) in [6, 6.07) is 14.5. The van der Waals surface area contributed by atoms with Crippen LogP contribution in [0.25, 0.3) is 11.3 Å². The molecule has 27 heavy (non-hydrogen) atoms. The van der Waals surface area contributed by atoms with Gasteiger partial charge in [-0.05, 0) is 36.8 Å². The molecule has 0 radical (unpaired) electrons. The predicted octanol–water partition coefficient (Wildman–Crippen LogP) is 4.84. The highest BCUT2D eigenvalue weighted by Gasteiger charge is 2.21. The molecule has 1 saturated heterocycles. The summed E-state index contributed by atoms with van der Waals surface area (Å²) < 4.78 is 0. The highest BCUT2D eigenvalue weighted by atomic mass is 35.5. The number of benzene rings is 2. The maximum Gasteiger partial charge on any atom is 0.257 e. The molecule has 1 aromatic heterocycles. The Morgan fingerprint density at radius 1 is 1.15 bits per heavy atom. The smallest absolute Gasteiger partial charge is 0.257 e. The first-order valence-corrected chi connectivity index (χ1v) is 9.80. The number of anilines is 2. The van der Waals surface area contributed by atoms with Gasteiger partial charge in [-0.3, -0.25) is 14.9 Å². The van der Waals surface area contributed by atoms with Crippen LogP contribution in [-0.2, 0) is 4.79 Å². The van der Waals surface area contributed by atoms with E-state index >= 15 is 0 Å². The summed E-state index contributed by atoms with van der Waals surface area (Å²) in [4.78, 5) is 30.5. The molecule has 2 amide bonds. The van der Waals surface area contributed by atoms with Crippen molar-refractivity contribution in [3.05, 3.63) is 64.5 Å². The van der Waals surface area contributed by atoms with E-state index in [0.717, 1.165) is 29.9 Å². The first-order chi connectivity index (χ1) is 13.1. The molecule has 1 N–H and O–H groups in total. The van der Waals surface area contributed by atoms with Crippen LogP contribution < -0.4 is 10.2 Å². The third kappa shape index (κ3) is 3.72. The van der Waals surface area contributed by atoms with Crippen molar-refractivity contribution in [3.63, 3.8) is 0 Å². The zero-order valence-corrected chi connectivity index (χ0v) is 15.9. The SMILES string of the molecule is O=C(Nc1nc(-c2ccccc2Cl)cs1)c1ccc(N2CCCC2=O)cc1. The number of thiazole rings is 1. The minimum absolute atomic E-state index is 0.127. The molecule has 0 aliphatic carbocycles. The molecule has 5 nitrogen and oxygen atoms in total. The fourth-order valence-corrected chi connectivity index (χ4v) is 3.95. The number of halogens is 1. The monoisotopic (exact) mass is 397 g/mol. The molecule has 136 valence electrons. The molecule has 2 aromatic carbocycles. The molecule has 4 rings (SSSR count). The van der Waals surface area contributed by atoms with E-state index in [1.165, 1.54) is 11.3 Å². The van der Waals surface area contributed by atoms with Gasteiger partial charge in [0, 0.05) is 40.2 Å². The molecule has 7 heteroatoms. The van der Waals surface area contributed by atoms with Gasteiger partial charge in [-0.15, -0.1) is 11.3 Å². The van der Waals surface area contributed by atoms with Crippen LogP contribution in [0.2, 0.25) is 5.02 Å². The summed E-state index contributed by atoms with van der Waals surface area (Å²) in [6.07, 6.45) is 1.46. The fourth-order valence-electron chi connectivity index (χ4n) is 3.01. The molecule has 0 saturated carbocycles. The lowest BCUT2D eigenvalue weighted by atomic mass is 10.2. The summed E-state index contributed by atoms with van der Waals surface area (Å²) in [5.74, 6) is -0.114. The molecule has 1 fully saturated rings. The van der Waals surface area contributed by atoms with E-state index in [-0.39, 0.29) is 11.8 Å². The summed E-state index contributed by atoms with van der Waals surface area (Å²) in [7, 11) is 0. The first-order valence-electron chi connectivity index (χ1n) is 8.54. The molecular weight excluding hydrogens is 382 g/mol. The number of aromatic nitrogens is 1. The van der Waals surface area contributed by atoms with Gasteiger partial charge in [-0.1, -0.05) is 29.8 Å². The number of hydrogen-bond donors (Lipinski definition) is 1. The number of carbonyl (C=O) groups is 2. The van der Waals surface area contributed by atoms with Gasteiger partial charge >= 0.3 is 0 Å². The Morgan fingerprint density at radius 3 is 2.63 bits per heavy atom. The van der Waals surface area contributed by atoms with Crippen LogP contribution in [0.5, 0.6) is 0 Å². The van der Waals surface area contributed by atoms with E-state index < -0.39 is 0 Å². The fraction of sp³-hybridized carbons (Fsp3) is 0.150. The van der Waals surface area contributed by atoms with Gasteiger partial charge in [0.1, 0.15) is 0 Å². The number of carbonyl (C=O) groups excluding carboxylic acids is 2. The lowest BCUT2D eigenvalue weighted by Crippen LogP contribution is -2.23. The summed E-state index contributed by atoms with van der Waals surface area (Å²) in [6.45, 7) is 0.730. The molecule has 3 aromatic rings. The molecule has 0 atom stereocenters. The topological polar surface area (TPSA) is 62.3 Å². The van der Waals surface area contributed by atoms with Crippen molar-refractivity contribution in [2.45, 2.75) is 12.8 Å². The number of nitrogens with one attached hydrogen (secondary N) is 1. The van der Waals surface area contributed by atoms with Gasteiger partial charge in [0.2, 0.25) is 5.91 Å². The standard InChI is InChI=1S/C20H16ClN3O2S/c21-16-5-2-1-4-15(16)17-12-27-20(22-17)23-19(26)13-7-9-14(10-8-13)24-11-3-6-18(24)25/h1-2,4-5,7-10,12H,3,6,11H2,(H,22,23,26). The Labute approximate surface area is 165 Å². The van der Waals surface area contributed by atoms with Crippen molar-refractivity contribution < 1.29 is 9.59 Å². The third-order valence-electron chi connectivity index (χ3n) is 4.39. The van der Waals surface area contributed by atoms with E-state index in [4.69, 9.17) is 11.6 Å². The lowest BCUT2D eigenvalue weighted by Gasteiger charge is -2.15. The van der Waals surface area contributed by atoms with E-state index in [1.54, 1.807) is 35.2 Å². The molecule has 0 unspecified atom stereocenters. The molecule has 0 spiro atoms. The van der Waals surface area contributed by atoms with Gasteiger partial charge in [0.25, 0.3) is 5.91 Å². The second-order valence-electron chi connectivity index (χ2n) is 6.17. The molecule has 2 heterocycles. The van der Waals surface area contributed by atoms with Crippen LogP contribution in [0.15, 0.2) is 53.9 Å². The van der Waals surface area contributed by atoms with Gasteiger partial charge in [-0.25, -0.2) is 4.98 Å². The van der Waals surface area contributed by atoms with Crippen LogP contribution in [0.3, 0.4) is 0 Å². The van der Waals surface area contributed by atoms with Crippen LogP contribution >= 0.6 is 22.9 Å². The largest absolute Gasteiger partial charge is 0.312 e. The van der Waals surface area contributed by atoms with Crippen molar-refractivity contribution in [1.82, 2.24) is 4.98 Å². The van der Waals surface area contributed by atoms with Crippen LogP contribution in [-0.4, -0.2) is 23.3 Å². The minimum atomic E-state index is -0.241. The van der Waals surface area contributed by atoms with E-state index in [9.17, 15) is 9.59 Å². The summed E-state index contributed by atoms with van der Waals surface area (Å²) in [5, 5.41) is 5.80. The van der Waals surface area contributed by atoms with Crippen LogP contribution in [0.4, 0.5) is 10.8 Å². The number of hydrogen-bond acceptors (Lipinski definition) is 4. The molecule has 1 aliphatic heterocycles. The zero-order chi connectivity index (χ0) is 18.8. The summed E-state index contributed by atoms with van der Waals surface area (Å²) >= 11 is 7.54. The maximum absolute atomic E-state index is 12.5. The lowest BCUT2D eigenvalue weighted by molar-refractivity contribution is -0.117. The Bertz CT molecular complexity index is 1000. The normalized spacial score (nSPS) is 13.8. The van der Waals surface area contributed by atoms with Crippen molar-refractivity contribution in [1.29, 1.82) is 0 Å². The first kappa shape index (κ1) is 17.7. The van der Waals surface area contributed by atoms with Crippen LogP contribution in [0, 0.1) is 0 Å². The quantitative estimate of drug-likeness (QED) is 0.685. The molecule has 0 bridgehead atoms. The Balaban J connectivity index is 1.46. The molecule has 1 aliphatic rings. The zero-order valence-electron chi connectivity index (χ0n) is 14.3. The van der Waals surface area contributed by atoms with E-state index in [1.807, 2.05) is 23.6 Å². The Morgan fingerprint density at radius 2 is 1.93 bits per heavy atom. The second kappa shape index (κ2) is 7.50. The maximum atomic E-state index is 12.5. The van der Waals surface area contributed by atoms with E-state index in [0.29, 0.717) is 22.1 Å².